The summed E-state index contributed by atoms with van der Waals surface area (Å²) in [5.74, 6) is 0.285. The Morgan fingerprint density at radius 3 is 2.79 bits per heavy atom. The van der Waals surface area contributed by atoms with Crippen molar-refractivity contribution in [2.45, 2.75) is 86.8 Å². The number of rotatable bonds is 3. The van der Waals surface area contributed by atoms with Gasteiger partial charge >= 0.3 is 0 Å². The number of ether oxygens (including phenoxy) is 3. The van der Waals surface area contributed by atoms with Crippen LogP contribution in [-0.2, 0) is 31.3 Å². The highest BCUT2D eigenvalue weighted by Crippen LogP contribution is 2.47. The second-order valence-corrected chi connectivity index (χ2v) is 16.4. The van der Waals surface area contributed by atoms with E-state index in [1.165, 1.54) is 18.2 Å². The van der Waals surface area contributed by atoms with Gasteiger partial charge in [-0.2, -0.15) is 0 Å². The summed E-state index contributed by atoms with van der Waals surface area (Å²) in [5.41, 5.74) is 3.21. The number of hydrogen-bond acceptors (Lipinski definition) is 8. The molecule has 9 nitrogen and oxygen atoms in total. The van der Waals surface area contributed by atoms with E-state index in [2.05, 4.69) is 21.8 Å². The topological polar surface area (TPSA) is 114 Å². The minimum Gasteiger partial charge on any atom is -0.490 e. The van der Waals surface area contributed by atoms with Gasteiger partial charge < -0.3 is 24.2 Å². The molecule has 0 unspecified atom stereocenters. The van der Waals surface area contributed by atoms with Crippen molar-refractivity contribution in [1.82, 2.24) is 4.72 Å². The van der Waals surface area contributed by atoms with Crippen LogP contribution >= 0.6 is 11.6 Å². The number of aryl methyl sites for hydroxylation is 1. The van der Waals surface area contributed by atoms with Gasteiger partial charge in [0.15, 0.2) is 0 Å². The molecule has 254 valence electrons. The van der Waals surface area contributed by atoms with E-state index in [0.29, 0.717) is 32.1 Å². The summed E-state index contributed by atoms with van der Waals surface area (Å²) in [6, 6.07) is 11.3. The molecular formula is C36H45ClN2O7S. The summed E-state index contributed by atoms with van der Waals surface area (Å²) in [4.78, 5) is 16.1. The molecule has 1 saturated carbocycles. The third-order valence-electron chi connectivity index (χ3n) is 11.2. The van der Waals surface area contributed by atoms with Crippen LogP contribution in [0.3, 0.4) is 0 Å². The van der Waals surface area contributed by atoms with Crippen LogP contribution in [0.5, 0.6) is 5.75 Å². The molecular weight excluding hydrogens is 640 g/mol. The molecule has 3 heterocycles. The number of nitrogens with one attached hydrogen (secondary N) is 1. The third-order valence-corrected chi connectivity index (χ3v) is 13.2. The standard InChI is InChI=1S/C36H45ClN2O7S/c1-44-33-8-2-7-31(40)28-12-9-25(28)20-39-21-36(15-3-5-23-17-26(37)11-13-29(23)36)22-46-32-14-10-24(18-30(32)39)35(41)38-47(42,43)34(33)19-27-6-4-16-45-27/h2,7,10-11,13-14,17-18,25,27-28,31,33-34,40H,3-6,8-9,12,15-16,19-22H2,1H3,(H,38,41)/b7-2-/t25-,27-,28+,31-,33-,34-,36-/m0/s1. The molecule has 1 spiro atoms. The zero-order chi connectivity index (χ0) is 32.8. The molecule has 5 aliphatic rings. The fraction of sp³-hybridized carbons (Fsp3) is 0.583. The average Bonchev–Trinajstić information content (AvgIpc) is 3.50. The van der Waals surface area contributed by atoms with Crippen molar-refractivity contribution in [2.75, 3.05) is 38.3 Å². The van der Waals surface area contributed by atoms with E-state index in [1.54, 1.807) is 24.3 Å². The van der Waals surface area contributed by atoms with Crippen molar-refractivity contribution in [3.05, 3.63) is 70.3 Å². The maximum Gasteiger partial charge on any atom is 0.264 e. The van der Waals surface area contributed by atoms with E-state index in [9.17, 15) is 18.3 Å². The average molecular weight is 685 g/mol. The van der Waals surface area contributed by atoms with E-state index in [1.807, 2.05) is 12.1 Å². The van der Waals surface area contributed by atoms with Gasteiger partial charge in [-0.3, -0.25) is 4.79 Å². The molecule has 2 aliphatic carbocycles. The lowest BCUT2D eigenvalue weighted by atomic mass is 9.68. The summed E-state index contributed by atoms with van der Waals surface area (Å²) >= 11 is 6.41. The highest BCUT2D eigenvalue weighted by molar-refractivity contribution is 7.90. The summed E-state index contributed by atoms with van der Waals surface area (Å²) in [7, 11) is -2.69. The number of carbonyl (C=O) groups excluding carboxylic acids is 1. The van der Waals surface area contributed by atoms with Crippen LogP contribution in [-0.4, -0.2) is 76.4 Å². The predicted molar refractivity (Wildman–Crippen MR) is 181 cm³/mol. The van der Waals surface area contributed by atoms with E-state index in [-0.39, 0.29) is 41.8 Å². The van der Waals surface area contributed by atoms with Gasteiger partial charge in [0.25, 0.3) is 5.91 Å². The van der Waals surface area contributed by atoms with Crippen molar-refractivity contribution in [3.63, 3.8) is 0 Å². The molecule has 0 aromatic heterocycles. The Labute approximate surface area is 282 Å². The molecule has 3 aliphatic heterocycles. The maximum atomic E-state index is 13.9. The van der Waals surface area contributed by atoms with E-state index < -0.39 is 33.4 Å². The number of fused-ring (bicyclic) bond motifs is 4. The fourth-order valence-electron chi connectivity index (χ4n) is 8.54. The van der Waals surface area contributed by atoms with Crippen LogP contribution in [0.2, 0.25) is 5.02 Å². The number of aliphatic hydroxyl groups excluding tert-OH is 1. The van der Waals surface area contributed by atoms with Gasteiger partial charge in [-0.25, -0.2) is 13.1 Å². The molecule has 0 radical (unpaired) electrons. The first kappa shape index (κ1) is 32.9. The fourth-order valence-corrected chi connectivity index (χ4v) is 10.3. The van der Waals surface area contributed by atoms with Crippen LogP contribution in [0, 0.1) is 11.8 Å². The minimum absolute atomic E-state index is 0.0686. The molecule has 2 aromatic carbocycles. The van der Waals surface area contributed by atoms with Crippen LogP contribution in [0.25, 0.3) is 0 Å². The number of anilines is 1. The van der Waals surface area contributed by atoms with Crippen LogP contribution in [0.1, 0.15) is 72.9 Å². The highest BCUT2D eigenvalue weighted by atomic mass is 35.5. The maximum absolute atomic E-state index is 13.9. The summed E-state index contributed by atoms with van der Waals surface area (Å²) in [6.45, 7) is 2.43. The molecule has 2 N–H and O–H groups in total. The highest BCUT2D eigenvalue weighted by Gasteiger charge is 2.45. The molecule has 7 rings (SSSR count). The Morgan fingerprint density at radius 2 is 2.02 bits per heavy atom. The minimum atomic E-state index is -4.18. The number of benzene rings is 2. The quantitative estimate of drug-likeness (QED) is 0.426. The van der Waals surface area contributed by atoms with E-state index >= 15 is 0 Å². The van der Waals surface area contributed by atoms with Crippen LogP contribution in [0.15, 0.2) is 48.6 Å². The number of aliphatic hydroxyl groups is 1. The lowest BCUT2D eigenvalue weighted by Crippen LogP contribution is -2.49. The van der Waals surface area contributed by atoms with Gasteiger partial charge in [0.2, 0.25) is 10.0 Å². The van der Waals surface area contributed by atoms with Crippen LogP contribution in [0.4, 0.5) is 5.69 Å². The van der Waals surface area contributed by atoms with Gasteiger partial charge in [0.1, 0.15) is 11.0 Å². The Balaban J connectivity index is 1.27. The molecule has 2 fully saturated rings. The van der Waals surface area contributed by atoms with Gasteiger partial charge in [-0.1, -0.05) is 29.8 Å². The SMILES string of the molecule is CO[C@H]1C/C=C\[C@H](O)[C@@H]2CC[C@H]2CN2C[C@@]3(CCCc4cc(Cl)ccc43)COc3ccc(cc32)C(=O)NS(=O)(=O)[C@H]1C[C@@H]1CCCO1. The molecule has 2 aromatic rings. The van der Waals surface area contributed by atoms with Crippen molar-refractivity contribution in [2.24, 2.45) is 11.8 Å². The summed E-state index contributed by atoms with van der Waals surface area (Å²) in [6.07, 6.45) is 8.95. The smallest absolute Gasteiger partial charge is 0.264 e. The number of carbonyl (C=O) groups is 1. The predicted octanol–water partition coefficient (Wildman–Crippen LogP) is 5.17. The first-order chi connectivity index (χ1) is 22.7. The van der Waals surface area contributed by atoms with Crippen molar-refractivity contribution >= 4 is 33.2 Å². The summed E-state index contributed by atoms with van der Waals surface area (Å²) < 4.78 is 48.4. The molecule has 7 atom stereocenters. The molecule has 1 saturated heterocycles. The first-order valence-electron chi connectivity index (χ1n) is 17.0. The Kier molecular flexibility index (Phi) is 9.34. The molecule has 47 heavy (non-hydrogen) atoms. The molecule has 11 heteroatoms. The Morgan fingerprint density at radius 1 is 1.15 bits per heavy atom. The number of hydrogen-bond donors (Lipinski definition) is 2. The van der Waals surface area contributed by atoms with Crippen LogP contribution < -0.4 is 14.4 Å². The summed E-state index contributed by atoms with van der Waals surface area (Å²) in [5, 5.41) is 11.0. The zero-order valence-corrected chi connectivity index (χ0v) is 28.5. The monoisotopic (exact) mass is 684 g/mol. The first-order valence-corrected chi connectivity index (χ1v) is 18.9. The van der Waals surface area contributed by atoms with Gasteiger partial charge in [0, 0.05) is 42.8 Å². The lowest BCUT2D eigenvalue weighted by Gasteiger charge is -2.45. The van der Waals surface area contributed by atoms with Gasteiger partial charge in [0.05, 0.1) is 30.6 Å². The normalized spacial score (nSPS) is 34.3. The van der Waals surface area contributed by atoms with Gasteiger partial charge in [-0.15, -0.1) is 0 Å². The van der Waals surface area contributed by atoms with Crippen molar-refractivity contribution < 1.29 is 32.5 Å². The molecule has 1 amide bonds. The second kappa shape index (κ2) is 13.3. The third kappa shape index (κ3) is 6.56. The molecule has 2 bridgehead atoms. The van der Waals surface area contributed by atoms with Crippen molar-refractivity contribution in [1.29, 1.82) is 0 Å². The van der Waals surface area contributed by atoms with Crippen molar-refractivity contribution in [3.8, 4) is 5.75 Å². The number of halogens is 1. The second-order valence-electron chi connectivity index (χ2n) is 14.1. The number of amides is 1. The number of methoxy groups -OCH3 is 1. The number of sulfonamides is 1. The Hall–Kier alpha value is -2.63. The lowest BCUT2D eigenvalue weighted by molar-refractivity contribution is 0.0447. The zero-order valence-electron chi connectivity index (χ0n) is 26.9. The van der Waals surface area contributed by atoms with Gasteiger partial charge in [-0.05, 0) is 111 Å². The largest absolute Gasteiger partial charge is 0.490 e. The number of nitrogens with zero attached hydrogens (tertiary/aromatic N) is 1. The van der Waals surface area contributed by atoms with E-state index in [4.69, 9.17) is 25.8 Å². The van der Waals surface area contributed by atoms with E-state index in [0.717, 1.165) is 55.7 Å². The Bertz CT molecular complexity index is 1630.